The number of hydrogen-bond donors (Lipinski definition) is 0. The summed E-state index contributed by atoms with van der Waals surface area (Å²) in [5.74, 6) is 3.37. The van der Waals surface area contributed by atoms with E-state index in [0.29, 0.717) is 0 Å². The van der Waals surface area contributed by atoms with E-state index >= 15 is 0 Å². The van der Waals surface area contributed by atoms with Gasteiger partial charge in [0.05, 0.1) is 0 Å². The van der Waals surface area contributed by atoms with Crippen LogP contribution < -0.4 is 25.9 Å². The van der Waals surface area contributed by atoms with Crippen LogP contribution in [0.2, 0.25) is 0 Å². The zero-order chi connectivity index (χ0) is 37.5. The van der Waals surface area contributed by atoms with Gasteiger partial charge in [0, 0.05) is 43.7 Å². The fourth-order valence-corrected chi connectivity index (χ4v) is 7.54. The van der Waals surface area contributed by atoms with Gasteiger partial charge in [-0.15, -0.1) is 53.0 Å². The standard InChI is InChI=1S/C30H19BNO2.C20H18N.Ir/c1-19-8-2-3-9-21(19)20-16-17-25(32-18-20)22-10-6-12-24-30(22)34-28-15-7-14-27-29(28)31(24)23-11-4-5-13-26(23)33-27;1-14-9-10-18(20-11-15(2)16(3)13-21-20)12-19(14)17-7-5-4-6-8-17;/h2-9,11-18H,1H3;4-9,11-13H,1-3H3;/q2*-1;. The van der Waals surface area contributed by atoms with E-state index < -0.39 is 0 Å². The molecule has 0 saturated carbocycles. The Bertz CT molecular complexity index is 2710. The van der Waals surface area contributed by atoms with Crippen molar-refractivity contribution < 1.29 is 29.6 Å². The van der Waals surface area contributed by atoms with Crippen molar-refractivity contribution in [1.29, 1.82) is 0 Å². The van der Waals surface area contributed by atoms with Crippen LogP contribution >= 0.6 is 0 Å². The second-order valence-corrected chi connectivity index (χ2v) is 14.2. The van der Waals surface area contributed by atoms with E-state index in [1.165, 1.54) is 38.9 Å². The molecule has 4 nitrogen and oxygen atoms in total. The maximum atomic E-state index is 6.51. The zero-order valence-electron chi connectivity index (χ0n) is 31.6. The van der Waals surface area contributed by atoms with Crippen molar-refractivity contribution in [2.75, 3.05) is 0 Å². The van der Waals surface area contributed by atoms with Gasteiger partial charge in [-0.25, -0.2) is 0 Å². The van der Waals surface area contributed by atoms with Crippen LogP contribution in [0.15, 0.2) is 152 Å². The van der Waals surface area contributed by atoms with Gasteiger partial charge in [0.2, 0.25) is 6.71 Å². The molecule has 2 aliphatic heterocycles. The summed E-state index contributed by atoms with van der Waals surface area (Å²) >= 11 is 0. The second-order valence-electron chi connectivity index (χ2n) is 14.2. The molecule has 56 heavy (non-hydrogen) atoms. The summed E-state index contributed by atoms with van der Waals surface area (Å²) in [4.78, 5) is 9.36. The molecule has 6 aromatic carbocycles. The van der Waals surface area contributed by atoms with Crippen LogP contribution in [0.1, 0.15) is 22.3 Å². The SMILES string of the molecule is Cc1ccccc1-c1ccc(-c2[c-]ccc3c2Oc2cccc4c2B3c2ccccc2O4)nc1.Cc1cnc(-c2[c-]cc(C)c(-c3ccccc3)c2)cc1C.[Ir]. The minimum absolute atomic E-state index is 0. The van der Waals surface area contributed by atoms with Gasteiger partial charge in [-0.2, -0.15) is 0 Å². The molecule has 6 heteroatoms. The molecule has 8 aromatic rings. The van der Waals surface area contributed by atoms with Crippen LogP contribution in [0.25, 0.3) is 44.8 Å². The van der Waals surface area contributed by atoms with Crippen LogP contribution in [0.3, 0.4) is 0 Å². The molecule has 273 valence electrons. The average molecular weight is 901 g/mol. The van der Waals surface area contributed by atoms with Crippen LogP contribution in [0.5, 0.6) is 23.0 Å². The van der Waals surface area contributed by atoms with Gasteiger partial charge in [0.25, 0.3) is 0 Å². The first-order valence-electron chi connectivity index (χ1n) is 18.6. The smallest absolute Gasteiger partial charge is 0.241 e. The first kappa shape index (κ1) is 36.9. The van der Waals surface area contributed by atoms with Crippen LogP contribution in [-0.4, -0.2) is 16.7 Å². The predicted octanol–water partition coefficient (Wildman–Crippen LogP) is 10.4. The number of ether oxygens (including phenoxy) is 2. The largest absolute Gasteiger partial charge is 0.503 e. The van der Waals surface area contributed by atoms with Gasteiger partial charge in [-0.05, 0) is 83.6 Å². The van der Waals surface area contributed by atoms with Gasteiger partial charge >= 0.3 is 0 Å². The van der Waals surface area contributed by atoms with Crippen molar-refractivity contribution >= 4 is 23.1 Å². The monoisotopic (exact) mass is 901 g/mol. The molecule has 0 unspecified atom stereocenters. The first-order chi connectivity index (χ1) is 26.9. The Hall–Kier alpha value is -6.07. The number of para-hydroxylation sites is 1. The summed E-state index contributed by atoms with van der Waals surface area (Å²) in [5.41, 5.74) is 16.8. The van der Waals surface area contributed by atoms with E-state index in [4.69, 9.17) is 14.5 Å². The third kappa shape index (κ3) is 6.87. The Labute approximate surface area is 342 Å². The molecule has 4 heterocycles. The molecule has 0 saturated heterocycles. The van der Waals surface area contributed by atoms with Gasteiger partial charge < -0.3 is 19.4 Å². The second kappa shape index (κ2) is 15.6. The Kier molecular flexibility index (Phi) is 10.3. The molecule has 0 spiro atoms. The number of rotatable bonds is 4. The van der Waals surface area contributed by atoms with Crippen molar-refractivity contribution in [3.63, 3.8) is 0 Å². The van der Waals surface area contributed by atoms with Crippen molar-refractivity contribution in [3.8, 4) is 67.8 Å². The van der Waals surface area contributed by atoms with E-state index in [1.54, 1.807) is 0 Å². The number of nitrogens with zero attached hydrogens (tertiary/aromatic N) is 2. The molecule has 0 aliphatic carbocycles. The summed E-state index contributed by atoms with van der Waals surface area (Å²) < 4.78 is 12.7. The topological polar surface area (TPSA) is 44.2 Å². The summed E-state index contributed by atoms with van der Waals surface area (Å²) in [5, 5.41) is 0. The molecule has 1 radical (unpaired) electrons. The maximum absolute atomic E-state index is 6.51. The number of aryl methyl sites for hydroxylation is 4. The molecular formula is C50H37BIrN2O2-2. The third-order valence-electron chi connectivity index (χ3n) is 10.6. The first-order valence-corrected chi connectivity index (χ1v) is 18.6. The average Bonchev–Trinajstić information content (AvgIpc) is 3.22. The Morgan fingerprint density at radius 2 is 1.25 bits per heavy atom. The minimum atomic E-state index is 0. The molecule has 2 aliphatic rings. The fourth-order valence-electron chi connectivity index (χ4n) is 7.54. The Balaban J connectivity index is 0.000000173. The summed E-state index contributed by atoms with van der Waals surface area (Å²) in [7, 11) is 0. The Morgan fingerprint density at radius 3 is 2.04 bits per heavy atom. The van der Waals surface area contributed by atoms with Crippen molar-refractivity contribution in [2.24, 2.45) is 0 Å². The van der Waals surface area contributed by atoms with Gasteiger partial charge in [-0.3, -0.25) is 0 Å². The van der Waals surface area contributed by atoms with Crippen molar-refractivity contribution in [2.45, 2.75) is 27.7 Å². The van der Waals surface area contributed by atoms with Gasteiger partial charge in [0.15, 0.2) is 0 Å². The van der Waals surface area contributed by atoms with E-state index in [2.05, 4.69) is 142 Å². The third-order valence-corrected chi connectivity index (χ3v) is 10.6. The van der Waals surface area contributed by atoms with E-state index in [-0.39, 0.29) is 26.8 Å². The number of hydrogen-bond acceptors (Lipinski definition) is 4. The number of benzene rings is 6. The molecular weight excluding hydrogens is 864 g/mol. The normalized spacial score (nSPS) is 11.7. The van der Waals surface area contributed by atoms with E-state index in [1.807, 2.05) is 54.9 Å². The molecule has 0 atom stereocenters. The molecule has 0 amide bonds. The summed E-state index contributed by atoms with van der Waals surface area (Å²) in [6.07, 6.45) is 3.87. The van der Waals surface area contributed by atoms with Crippen LogP contribution in [-0.2, 0) is 20.1 Å². The summed E-state index contributed by atoms with van der Waals surface area (Å²) in [6.45, 7) is 8.49. The molecule has 0 fully saturated rings. The van der Waals surface area contributed by atoms with Crippen LogP contribution in [0, 0.1) is 39.8 Å². The predicted molar refractivity (Wildman–Crippen MR) is 225 cm³/mol. The van der Waals surface area contributed by atoms with Crippen molar-refractivity contribution in [3.05, 3.63) is 186 Å². The van der Waals surface area contributed by atoms with E-state index in [0.717, 1.165) is 67.5 Å². The molecule has 2 aromatic heterocycles. The fraction of sp³-hybridized carbons (Fsp3) is 0.0800. The quantitative estimate of drug-likeness (QED) is 0.130. The molecule has 10 rings (SSSR count). The van der Waals surface area contributed by atoms with Crippen molar-refractivity contribution in [1.82, 2.24) is 9.97 Å². The minimum Gasteiger partial charge on any atom is -0.503 e. The number of pyridine rings is 2. The Morgan fingerprint density at radius 1 is 0.518 bits per heavy atom. The summed E-state index contributed by atoms with van der Waals surface area (Å²) in [6, 6.07) is 54.4. The maximum Gasteiger partial charge on any atom is 0.241 e. The zero-order valence-corrected chi connectivity index (χ0v) is 34.0. The number of fused-ring (bicyclic) bond motifs is 4. The van der Waals surface area contributed by atoms with E-state index in [9.17, 15) is 0 Å². The van der Waals surface area contributed by atoms with Gasteiger partial charge in [0.1, 0.15) is 17.2 Å². The number of aromatic nitrogens is 2. The molecule has 0 N–H and O–H groups in total. The van der Waals surface area contributed by atoms with Crippen LogP contribution in [0.4, 0.5) is 0 Å². The molecule has 0 bridgehead atoms. The van der Waals surface area contributed by atoms with Gasteiger partial charge in [-0.1, -0.05) is 121 Å².